The molecule has 0 saturated heterocycles. The molecule has 0 spiro atoms. The van der Waals surface area contributed by atoms with Crippen molar-refractivity contribution in [3.05, 3.63) is 34.4 Å². The Morgan fingerprint density at radius 1 is 0.939 bits per heavy atom. The third kappa shape index (κ3) is 12.5. The van der Waals surface area contributed by atoms with Gasteiger partial charge in [-0.25, -0.2) is 0 Å². The third-order valence-corrected chi connectivity index (χ3v) is 6.23. The molecular weight excluding hydrogens is 484 g/mol. The SMILES string of the molecule is Br.CCCCCCCCCCCC(C(=O)Oc1ccc([N+](=O)[O-])cc1)C(CCC)C(C)(C)N. The van der Waals surface area contributed by atoms with E-state index in [9.17, 15) is 14.9 Å². The van der Waals surface area contributed by atoms with Gasteiger partial charge in [0, 0.05) is 17.7 Å². The summed E-state index contributed by atoms with van der Waals surface area (Å²) >= 11 is 0. The summed E-state index contributed by atoms with van der Waals surface area (Å²) in [4.78, 5) is 23.5. The van der Waals surface area contributed by atoms with Gasteiger partial charge in [0.05, 0.1) is 10.8 Å². The summed E-state index contributed by atoms with van der Waals surface area (Å²) in [6.45, 7) is 8.30. The summed E-state index contributed by atoms with van der Waals surface area (Å²) in [5.41, 5.74) is 5.96. The largest absolute Gasteiger partial charge is 0.426 e. The minimum atomic E-state index is -0.492. The smallest absolute Gasteiger partial charge is 0.314 e. The molecule has 0 amide bonds. The molecule has 2 atom stereocenters. The first-order valence-corrected chi connectivity index (χ1v) is 12.5. The second-order valence-corrected chi connectivity index (χ2v) is 9.61. The second kappa shape index (κ2) is 17.0. The van der Waals surface area contributed by atoms with E-state index in [1.165, 1.54) is 69.2 Å². The van der Waals surface area contributed by atoms with Crippen molar-refractivity contribution in [1.29, 1.82) is 0 Å². The van der Waals surface area contributed by atoms with Crippen molar-refractivity contribution in [3.8, 4) is 5.75 Å². The van der Waals surface area contributed by atoms with Gasteiger partial charge in [0.25, 0.3) is 5.69 Å². The maximum absolute atomic E-state index is 13.1. The van der Waals surface area contributed by atoms with Crippen LogP contribution in [-0.2, 0) is 4.79 Å². The van der Waals surface area contributed by atoms with Gasteiger partial charge in [-0.3, -0.25) is 14.9 Å². The fourth-order valence-corrected chi connectivity index (χ4v) is 4.39. The van der Waals surface area contributed by atoms with Crippen LogP contribution in [-0.4, -0.2) is 16.4 Å². The minimum Gasteiger partial charge on any atom is -0.426 e. The number of nitrogens with two attached hydrogens (primary N) is 1. The maximum Gasteiger partial charge on any atom is 0.314 e. The molecule has 0 aliphatic carbocycles. The lowest BCUT2D eigenvalue weighted by Crippen LogP contribution is -2.47. The quantitative estimate of drug-likeness (QED) is 0.0731. The standard InChI is InChI=1S/C26H44N2O4.BrH/c1-5-7-8-9-10-11-12-13-14-16-23(24(15-6-2)26(3,4)27)25(29)32-22-19-17-21(18-20-22)28(30)31;/h17-20,23-24H,5-16,27H2,1-4H3;1H. The highest BCUT2D eigenvalue weighted by molar-refractivity contribution is 8.93. The molecule has 0 radical (unpaired) electrons. The Kier molecular flexibility index (Phi) is 16.3. The van der Waals surface area contributed by atoms with Crippen molar-refractivity contribution in [2.75, 3.05) is 0 Å². The molecule has 0 aromatic heterocycles. The number of nitro benzene ring substituents is 1. The van der Waals surface area contributed by atoms with E-state index in [2.05, 4.69) is 13.8 Å². The molecule has 0 aliphatic heterocycles. The van der Waals surface area contributed by atoms with Gasteiger partial charge in [-0.15, -0.1) is 17.0 Å². The number of carbonyl (C=O) groups excluding carboxylic acids is 1. The molecule has 0 bridgehead atoms. The number of rotatable bonds is 17. The zero-order valence-electron chi connectivity index (χ0n) is 21.0. The monoisotopic (exact) mass is 528 g/mol. The van der Waals surface area contributed by atoms with E-state index in [-0.39, 0.29) is 40.5 Å². The fraction of sp³-hybridized carbons (Fsp3) is 0.731. The van der Waals surface area contributed by atoms with Crippen molar-refractivity contribution in [1.82, 2.24) is 0 Å². The van der Waals surface area contributed by atoms with Crippen LogP contribution in [0.15, 0.2) is 24.3 Å². The summed E-state index contributed by atoms with van der Waals surface area (Å²) in [5, 5.41) is 10.9. The number of halogens is 1. The first kappa shape index (κ1) is 31.5. The molecule has 7 heteroatoms. The zero-order valence-corrected chi connectivity index (χ0v) is 22.7. The van der Waals surface area contributed by atoms with Crippen LogP contribution in [0, 0.1) is 22.0 Å². The van der Waals surface area contributed by atoms with Crippen molar-refractivity contribution in [2.45, 2.75) is 110 Å². The van der Waals surface area contributed by atoms with Crippen LogP contribution in [0.5, 0.6) is 5.75 Å². The van der Waals surface area contributed by atoms with Crippen LogP contribution in [0.3, 0.4) is 0 Å². The number of nitro groups is 1. The topological polar surface area (TPSA) is 95.5 Å². The molecule has 1 aromatic rings. The molecule has 2 unspecified atom stereocenters. The number of unbranched alkanes of at least 4 members (excludes halogenated alkanes) is 8. The normalized spacial score (nSPS) is 13.1. The first-order chi connectivity index (χ1) is 15.2. The van der Waals surface area contributed by atoms with Gasteiger partial charge in [0.2, 0.25) is 0 Å². The summed E-state index contributed by atoms with van der Waals surface area (Å²) in [7, 11) is 0. The van der Waals surface area contributed by atoms with Crippen LogP contribution in [0.25, 0.3) is 0 Å². The Hall–Kier alpha value is -1.47. The molecular formula is C26H45BrN2O4. The Morgan fingerprint density at radius 3 is 1.91 bits per heavy atom. The highest BCUT2D eigenvalue weighted by Crippen LogP contribution is 2.33. The lowest BCUT2D eigenvalue weighted by atomic mass is 9.74. The first-order valence-electron chi connectivity index (χ1n) is 12.5. The number of esters is 1. The molecule has 0 heterocycles. The Morgan fingerprint density at radius 2 is 1.45 bits per heavy atom. The molecule has 1 aromatic carbocycles. The number of ether oxygens (including phenoxy) is 1. The lowest BCUT2D eigenvalue weighted by molar-refractivity contribution is -0.384. The Bertz CT molecular complexity index is 674. The fourth-order valence-electron chi connectivity index (χ4n) is 4.39. The van der Waals surface area contributed by atoms with Gasteiger partial charge in [-0.05, 0) is 44.7 Å². The van der Waals surface area contributed by atoms with Crippen LogP contribution < -0.4 is 10.5 Å². The average molecular weight is 530 g/mol. The van der Waals surface area contributed by atoms with Crippen LogP contribution in [0.4, 0.5) is 5.69 Å². The van der Waals surface area contributed by atoms with Crippen LogP contribution in [0.1, 0.15) is 105 Å². The van der Waals surface area contributed by atoms with Gasteiger partial charge < -0.3 is 10.5 Å². The second-order valence-electron chi connectivity index (χ2n) is 9.61. The molecule has 0 aliphatic rings. The minimum absolute atomic E-state index is 0. The highest BCUT2D eigenvalue weighted by Gasteiger charge is 2.37. The zero-order chi connectivity index (χ0) is 24.0. The number of hydrogen-bond acceptors (Lipinski definition) is 5. The van der Waals surface area contributed by atoms with Gasteiger partial charge in [-0.1, -0.05) is 78.1 Å². The molecule has 190 valence electrons. The van der Waals surface area contributed by atoms with Gasteiger partial charge >= 0.3 is 5.97 Å². The number of non-ortho nitro benzene ring substituents is 1. The Labute approximate surface area is 211 Å². The van der Waals surface area contributed by atoms with Gasteiger partial charge in [-0.2, -0.15) is 0 Å². The third-order valence-electron chi connectivity index (χ3n) is 6.23. The predicted molar refractivity (Wildman–Crippen MR) is 141 cm³/mol. The van der Waals surface area contributed by atoms with E-state index >= 15 is 0 Å². The molecule has 6 nitrogen and oxygen atoms in total. The highest BCUT2D eigenvalue weighted by atomic mass is 79.9. The van der Waals surface area contributed by atoms with Crippen molar-refractivity contribution in [3.63, 3.8) is 0 Å². The van der Waals surface area contributed by atoms with E-state index in [4.69, 9.17) is 10.5 Å². The number of carbonyl (C=O) groups is 1. The lowest BCUT2D eigenvalue weighted by Gasteiger charge is -2.36. The average Bonchev–Trinajstić information content (AvgIpc) is 2.73. The van der Waals surface area contributed by atoms with Crippen LogP contribution in [0.2, 0.25) is 0 Å². The Balaban J connectivity index is 0.0000102. The number of nitrogens with zero attached hydrogens (tertiary/aromatic N) is 1. The van der Waals surface area contributed by atoms with E-state index in [1.807, 2.05) is 13.8 Å². The summed E-state index contributed by atoms with van der Waals surface area (Å²) in [6, 6.07) is 5.67. The molecule has 0 saturated carbocycles. The molecule has 0 fully saturated rings. The van der Waals surface area contributed by atoms with E-state index in [0.29, 0.717) is 5.75 Å². The molecule has 33 heavy (non-hydrogen) atoms. The van der Waals surface area contributed by atoms with Crippen molar-refractivity contribution in [2.24, 2.45) is 17.6 Å². The summed E-state index contributed by atoms with van der Waals surface area (Å²) < 4.78 is 5.65. The van der Waals surface area contributed by atoms with Gasteiger partial charge in [0.1, 0.15) is 5.75 Å². The van der Waals surface area contributed by atoms with Crippen LogP contribution >= 0.6 is 17.0 Å². The van der Waals surface area contributed by atoms with E-state index in [1.54, 1.807) is 0 Å². The summed E-state index contributed by atoms with van der Waals surface area (Å²) in [6.07, 6.45) is 13.6. The molecule has 2 N–H and O–H groups in total. The van der Waals surface area contributed by atoms with E-state index < -0.39 is 10.5 Å². The summed E-state index contributed by atoms with van der Waals surface area (Å²) in [5.74, 6) is -0.208. The maximum atomic E-state index is 13.1. The van der Waals surface area contributed by atoms with E-state index in [0.717, 1.165) is 32.1 Å². The number of benzene rings is 1. The number of hydrogen-bond donors (Lipinski definition) is 1. The predicted octanol–water partition coefficient (Wildman–Crippen LogP) is 7.77. The van der Waals surface area contributed by atoms with Crippen molar-refractivity contribution >= 4 is 28.6 Å². The van der Waals surface area contributed by atoms with Gasteiger partial charge in [0.15, 0.2) is 0 Å². The van der Waals surface area contributed by atoms with Crippen molar-refractivity contribution < 1.29 is 14.5 Å². The molecule has 1 rings (SSSR count).